The molecule has 0 aromatic heterocycles. The van der Waals surface area contributed by atoms with Gasteiger partial charge in [0.2, 0.25) is 0 Å². The molecule has 1 aromatic carbocycles. The van der Waals surface area contributed by atoms with Gasteiger partial charge in [-0.3, -0.25) is 0 Å². The van der Waals surface area contributed by atoms with Gasteiger partial charge in [-0.2, -0.15) is 0 Å². The van der Waals surface area contributed by atoms with Crippen molar-refractivity contribution in [2.24, 2.45) is 0 Å². The lowest BCUT2D eigenvalue weighted by Crippen LogP contribution is -2.16. The van der Waals surface area contributed by atoms with Crippen LogP contribution >= 0.6 is 15.9 Å². The summed E-state index contributed by atoms with van der Waals surface area (Å²) in [5.74, 6) is 0.938. The number of rotatable bonds is 2. The summed E-state index contributed by atoms with van der Waals surface area (Å²) in [5.41, 5.74) is 2.84. The second-order valence-electron chi connectivity index (χ2n) is 4.26. The zero-order valence-corrected chi connectivity index (χ0v) is 11.4. The first kappa shape index (κ1) is 11.9. The molecule has 1 N–H and O–H groups in total. The van der Waals surface area contributed by atoms with Crippen molar-refractivity contribution in [3.63, 3.8) is 0 Å². The number of benzene rings is 1. The zero-order chi connectivity index (χ0) is 11.5. The average Bonchev–Trinajstić information content (AvgIpc) is 2.51. The molecule has 0 saturated carbocycles. The van der Waals surface area contributed by atoms with E-state index in [-0.39, 0.29) is 0 Å². The van der Waals surface area contributed by atoms with E-state index in [2.05, 4.69) is 33.4 Å². The van der Waals surface area contributed by atoms with Gasteiger partial charge >= 0.3 is 0 Å². The summed E-state index contributed by atoms with van der Waals surface area (Å²) in [6.45, 7) is 0. The largest absolute Gasteiger partial charge is 0.497 e. The van der Waals surface area contributed by atoms with Crippen LogP contribution in [0.5, 0.6) is 5.75 Å². The van der Waals surface area contributed by atoms with E-state index < -0.39 is 0 Å². The molecule has 0 spiro atoms. The molecule has 88 valence electrons. The summed E-state index contributed by atoms with van der Waals surface area (Å²) < 4.78 is 6.52. The standard InChI is InChI=1S/C13H18BrNO/c1-15-13-6-4-3-5-10-11(13)7-9(16-2)8-12(10)14/h7-8,13,15H,3-6H2,1-2H3. The molecule has 0 amide bonds. The van der Waals surface area contributed by atoms with Crippen molar-refractivity contribution < 1.29 is 4.74 Å². The van der Waals surface area contributed by atoms with Gasteiger partial charge in [-0.15, -0.1) is 0 Å². The van der Waals surface area contributed by atoms with Gasteiger partial charge in [0.25, 0.3) is 0 Å². The summed E-state index contributed by atoms with van der Waals surface area (Å²) in [7, 11) is 3.76. The van der Waals surface area contributed by atoms with E-state index in [1.165, 1.54) is 34.9 Å². The van der Waals surface area contributed by atoms with Crippen LogP contribution in [0.2, 0.25) is 0 Å². The van der Waals surface area contributed by atoms with Crippen LogP contribution in [0.15, 0.2) is 16.6 Å². The Morgan fingerprint density at radius 2 is 2.19 bits per heavy atom. The van der Waals surface area contributed by atoms with Crippen molar-refractivity contribution in [1.82, 2.24) is 5.32 Å². The van der Waals surface area contributed by atoms with E-state index in [4.69, 9.17) is 4.74 Å². The molecule has 0 fully saturated rings. The lowest BCUT2D eigenvalue weighted by molar-refractivity contribution is 0.412. The van der Waals surface area contributed by atoms with Gasteiger partial charge in [0.1, 0.15) is 5.75 Å². The monoisotopic (exact) mass is 283 g/mol. The van der Waals surface area contributed by atoms with Crippen LogP contribution in [0, 0.1) is 0 Å². The van der Waals surface area contributed by atoms with E-state index in [0.29, 0.717) is 6.04 Å². The fraction of sp³-hybridized carbons (Fsp3) is 0.538. The molecule has 1 aromatic rings. The van der Waals surface area contributed by atoms with Crippen LogP contribution in [-0.4, -0.2) is 14.2 Å². The lowest BCUT2D eigenvalue weighted by Gasteiger charge is -2.19. The van der Waals surface area contributed by atoms with Crippen molar-refractivity contribution in [1.29, 1.82) is 0 Å². The number of hydrogen-bond donors (Lipinski definition) is 1. The number of hydrogen-bond acceptors (Lipinski definition) is 2. The van der Waals surface area contributed by atoms with Crippen molar-refractivity contribution in [2.75, 3.05) is 14.2 Å². The maximum atomic E-state index is 5.34. The smallest absolute Gasteiger partial charge is 0.120 e. The number of halogens is 1. The van der Waals surface area contributed by atoms with Crippen molar-refractivity contribution in [3.8, 4) is 5.75 Å². The fourth-order valence-electron chi connectivity index (χ4n) is 2.43. The molecule has 0 aliphatic heterocycles. The number of nitrogens with one attached hydrogen (secondary N) is 1. The molecule has 0 bridgehead atoms. The lowest BCUT2D eigenvalue weighted by atomic mass is 9.99. The normalized spacial score (nSPS) is 20.1. The van der Waals surface area contributed by atoms with Gasteiger partial charge in [-0.25, -0.2) is 0 Å². The average molecular weight is 284 g/mol. The van der Waals surface area contributed by atoms with Crippen molar-refractivity contribution >= 4 is 15.9 Å². The Hall–Kier alpha value is -0.540. The minimum absolute atomic E-state index is 0.462. The summed E-state index contributed by atoms with van der Waals surface area (Å²) in [4.78, 5) is 0. The molecule has 0 heterocycles. The van der Waals surface area contributed by atoms with Crippen LogP contribution in [0.25, 0.3) is 0 Å². The highest BCUT2D eigenvalue weighted by Gasteiger charge is 2.20. The van der Waals surface area contributed by atoms with E-state index in [1.54, 1.807) is 7.11 Å². The fourth-order valence-corrected chi connectivity index (χ4v) is 3.08. The Bertz CT molecular complexity index is 378. The third-order valence-electron chi connectivity index (χ3n) is 3.33. The highest BCUT2D eigenvalue weighted by molar-refractivity contribution is 9.10. The molecular formula is C13H18BrNO. The number of methoxy groups -OCH3 is 1. The first-order valence-electron chi connectivity index (χ1n) is 5.80. The first-order chi connectivity index (χ1) is 7.76. The van der Waals surface area contributed by atoms with Crippen molar-refractivity contribution in [3.05, 3.63) is 27.7 Å². The van der Waals surface area contributed by atoms with Crippen LogP contribution in [0.1, 0.15) is 36.4 Å². The Kier molecular flexibility index (Phi) is 3.87. The third kappa shape index (κ3) is 2.25. The quantitative estimate of drug-likeness (QED) is 0.840. The molecule has 1 atom stereocenters. The van der Waals surface area contributed by atoms with Gasteiger partial charge in [0.15, 0.2) is 0 Å². The number of fused-ring (bicyclic) bond motifs is 1. The molecule has 2 nitrogen and oxygen atoms in total. The van der Waals surface area contributed by atoms with Crippen LogP contribution < -0.4 is 10.1 Å². The first-order valence-corrected chi connectivity index (χ1v) is 6.59. The molecule has 16 heavy (non-hydrogen) atoms. The highest BCUT2D eigenvalue weighted by atomic mass is 79.9. The molecule has 1 aliphatic rings. The molecule has 2 rings (SSSR count). The second-order valence-corrected chi connectivity index (χ2v) is 5.12. The van der Waals surface area contributed by atoms with Crippen LogP contribution in [0.4, 0.5) is 0 Å². The van der Waals surface area contributed by atoms with Gasteiger partial charge in [0.05, 0.1) is 7.11 Å². The summed E-state index contributed by atoms with van der Waals surface area (Å²) in [6.07, 6.45) is 4.94. The molecule has 1 unspecified atom stereocenters. The summed E-state index contributed by atoms with van der Waals surface area (Å²) >= 11 is 3.66. The SMILES string of the molecule is CNC1CCCCc2c(Br)cc(OC)cc21. The molecule has 3 heteroatoms. The molecule has 0 radical (unpaired) electrons. The minimum atomic E-state index is 0.462. The second kappa shape index (κ2) is 5.19. The van der Waals surface area contributed by atoms with E-state index in [0.717, 1.165) is 12.2 Å². The topological polar surface area (TPSA) is 21.3 Å². The maximum absolute atomic E-state index is 5.34. The van der Waals surface area contributed by atoms with Gasteiger partial charge in [-0.1, -0.05) is 22.4 Å². The molecular weight excluding hydrogens is 266 g/mol. The van der Waals surface area contributed by atoms with Gasteiger partial charge in [0, 0.05) is 10.5 Å². The predicted octanol–water partition coefficient (Wildman–Crippen LogP) is 3.44. The minimum Gasteiger partial charge on any atom is -0.497 e. The van der Waals surface area contributed by atoms with E-state index in [9.17, 15) is 0 Å². The van der Waals surface area contributed by atoms with Gasteiger partial charge < -0.3 is 10.1 Å². The Morgan fingerprint density at radius 3 is 2.88 bits per heavy atom. The predicted molar refractivity (Wildman–Crippen MR) is 70.0 cm³/mol. The highest BCUT2D eigenvalue weighted by Crippen LogP contribution is 2.36. The third-order valence-corrected chi connectivity index (χ3v) is 4.04. The Morgan fingerprint density at radius 1 is 1.38 bits per heavy atom. The Balaban J connectivity index is 2.49. The zero-order valence-electron chi connectivity index (χ0n) is 9.85. The van der Waals surface area contributed by atoms with E-state index >= 15 is 0 Å². The van der Waals surface area contributed by atoms with Gasteiger partial charge in [-0.05, 0) is 49.6 Å². The Labute approximate surface area is 106 Å². The molecule has 1 aliphatic carbocycles. The van der Waals surface area contributed by atoms with Crippen LogP contribution in [0.3, 0.4) is 0 Å². The number of ether oxygens (including phenoxy) is 1. The molecule has 0 saturated heterocycles. The maximum Gasteiger partial charge on any atom is 0.120 e. The van der Waals surface area contributed by atoms with E-state index in [1.807, 2.05) is 7.05 Å². The summed E-state index contributed by atoms with van der Waals surface area (Å²) in [5, 5.41) is 3.40. The van der Waals surface area contributed by atoms with Crippen LogP contribution in [-0.2, 0) is 6.42 Å². The van der Waals surface area contributed by atoms with Crippen molar-refractivity contribution in [2.45, 2.75) is 31.7 Å². The summed E-state index contributed by atoms with van der Waals surface area (Å²) in [6, 6.07) is 4.70.